The topological polar surface area (TPSA) is 68.9 Å². The quantitative estimate of drug-likeness (QED) is 0.878. The van der Waals surface area contributed by atoms with Gasteiger partial charge in [-0.2, -0.15) is 0 Å². The van der Waals surface area contributed by atoms with E-state index in [0.717, 1.165) is 0 Å². The molecule has 106 valence electrons. The van der Waals surface area contributed by atoms with Gasteiger partial charge in [0.2, 0.25) is 0 Å². The molecular formula is C15H16O5. The molecule has 1 aromatic heterocycles. The Labute approximate surface area is 116 Å². The maximum absolute atomic E-state index is 11.6. The molecule has 1 unspecified atom stereocenters. The van der Waals surface area contributed by atoms with E-state index in [0.29, 0.717) is 22.8 Å². The molecule has 0 radical (unpaired) electrons. The van der Waals surface area contributed by atoms with Gasteiger partial charge in [0.05, 0.1) is 26.4 Å². The van der Waals surface area contributed by atoms with Crippen LogP contribution in [0.5, 0.6) is 11.5 Å². The van der Waals surface area contributed by atoms with E-state index < -0.39 is 11.9 Å². The lowest BCUT2D eigenvalue weighted by Crippen LogP contribution is -2.15. The van der Waals surface area contributed by atoms with Crippen LogP contribution in [0.2, 0.25) is 0 Å². The van der Waals surface area contributed by atoms with Crippen molar-refractivity contribution in [1.29, 1.82) is 0 Å². The normalized spacial score (nSPS) is 11.9. The van der Waals surface area contributed by atoms with Crippen LogP contribution in [-0.4, -0.2) is 25.3 Å². The number of methoxy groups -OCH3 is 2. The van der Waals surface area contributed by atoms with Gasteiger partial charge in [-0.25, -0.2) is 0 Å². The smallest absolute Gasteiger partial charge is 0.311 e. The summed E-state index contributed by atoms with van der Waals surface area (Å²) in [5.41, 5.74) is 0.566. The first-order chi connectivity index (χ1) is 9.65. The molecule has 0 fully saturated rings. The van der Waals surface area contributed by atoms with Crippen LogP contribution >= 0.6 is 0 Å². The fourth-order valence-corrected chi connectivity index (χ4v) is 2.07. The molecule has 5 nitrogen and oxygen atoms in total. The van der Waals surface area contributed by atoms with E-state index in [1.54, 1.807) is 30.3 Å². The second kappa shape index (κ2) is 6.14. The maximum Gasteiger partial charge on any atom is 0.311 e. The molecule has 0 saturated carbocycles. The molecule has 1 heterocycles. The Kier molecular flexibility index (Phi) is 4.30. The lowest BCUT2D eigenvalue weighted by Gasteiger charge is -2.16. The minimum atomic E-state index is -0.937. The zero-order valence-corrected chi connectivity index (χ0v) is 11.3. The first kappa shape index (κ1) is 14.0. The minimum Gasteiger partial charge on any atom is -0.497 e. The summed E-state index contributed by atoms with van der Waals surface area (Å²) in [5, 5.41) is 9.47. The van der Waals surface area contributed by atoms with Gasteiger partial charge in [-0.3, -0.25) is 4.79 Å². The van der Waals surface area contributed by atoms with Crippen molar-refractivity contribution in [2.75, 3.05) is 14.2 Å². The van der Waals surface area contributed by atoms with E-state index in [2.05, 4.69) is 0 Å². The van der Waals surface area contributed by atoms with Gasteiger partial charge in [-0.15, -0.1) is 0 Å². The van der Waals surface area contributed by atoms with Crippen LogP contribution < -0.4 is 9.47 Å². The summed E-state index contributed by atoms with van der Waals surface area (Å²) in [4.78, 5) is 11.6. The molecule has 0 amide bonds. The van der Waals surface area contributed by atoms with E-state index in [-0.39, 0.29) is 6.42 Å². The molecule has 2 rings (SSSR count). The lowest BCUT2D eigenvalue weighted by atomic mass is 9.93. The largest absolute Gasteiger partial charge is 0.497 e. The van der Waals surface area contributed by atoms with Crippen molar-refractivity contribution >= 4 is 5.97 Å². The predicted octanol–water partition coefficient (Wildman–Crippen LogP) is 2.71. The van der Waals surface area contributed by atoms with Gasteiger partial charge in [0.1, 0.15) is 17.3 Å². The summed E-state index contributed by atoms with van der Waals surface area (Å²) < 4.78 is 15.6. The van der Waals surface area contributed by atoms with Crippen LogP contribution in [0.4, 0.5) is 0 Å². The molecular weight excluding hydrogens is 260 g/mol. The van der Waals surface area contributed by atoms with Gasteiger partial charge in [0, 0.05) is 12.0 Å². The fraction of sp³-hybridized carbons (Fsp3) is 0.267. The Morgan fingerprint density at radius 2 is 2.10 bits per heavy atom. The van der Waals surface area contributed by atoms with Crippen molar-refractivity contribution in [1.82, 2.24) is 0 Å². The molecule has 2 aromatic rings. The number of carboxylic acid groups (broad SMARTS) is 1. The van der Waals surface area contributed by atoms with Gasteiger partial charge in [0.15, 0.2) is 0 Å². The van der Waals surface area contributed by atoms with Crippen LogP contribution in [0.3, 0.4) is 0 Å². The predicted molar refractivity (Wildman–Crippen MR) is 72.3 cm³/mol. The summed E-state index contributed by atoms with van der Waals surface area (Å²) in [6, 6.07) is 8.60. The number of carboxylic acids is 1. The fourth-order valence-electron chi connectivity index (χ4n) is 2.07. The number of ether oxygens (including phenoxy) is 2. The zero-order valence-electron chi connectivity index (χ0n) is 11.3. The highest BCUT2D eigenvalue weighted by atomic mass is 16.5. The summed E-state index contributed by atoms with van der Waals surface area (Å²) in [6.07, 6.45) is 1.78. The maximum atomic E-state index is 11.6. The standard InChI is InChI=1S/C15H16O5/c1-18-10-5-6-14(19-2)12(8-10)13(15(16)17)9-11-4-3-7-20-11/h3-8,13H,9H2,1-2H3,(H,16,17). The second-order valence-corrected chi connectivity index (χ2v) is 4.28. The third kappa shape index (κ3) is 2.93. The van der Waals surface area contributed by atoms with Gasteiger partial charge >= 0.3 is 5.97 Å². The highest BCUT2D eigenvalue weighted by Gasteiger charge is 2.25. The highest BCUT2D eigenvalue weighted by molar-refractivity contribution is 5.78. The molecule has 0 bridgehead atoms. The van der Waals surface area contributed by atoms with Crippen LogP contribution in [0.15, 0.2) is 41.0 Å². The number of aliphatic carboxylic acids is 1. The second-order valence-electron chi connectivity index (χ2n) is 4.28. The molecule has 5 heteroatoms. The summed E-state index contributed by atoms with van der Waals surface area (Å²) in [6.45, 7) is 0. The van der Waals surface area contributed by atoms with Crippen molar-refractivity contribution in [3.05, 3.63) is 47.9 Å². The minimum absolute atomic E-state index is 0.256. The van der Waals surface area contributed by atoms with Crippen LogP contribution in [0.25, 0.3) is 0 Å². The number of hydrogen-bond acceptors (Lipinski definition) is 4. The zero-order chi connectivity index (χ0) is 14.5. The first-order valence-corrected chi connectivity index (χ1v) is 6.12. The van der Waals surface area contributed by atoms with Crippen molar-refractivity contribution in [2.24, 2.45) is 0 Å². The number of carbonyl (C=O) groups is 1. The van der Waals surface area contributed by atoms with Gasteiger partial charge in [-0.1, -0.05) is 0 Å². The molecule has 20 heavy (non-hydrogen) atoms. The Hall–Kier alpha value is -2.43. The van der Waals surface area contributed by atoms with Crippen LogP contribution in [0.1, 0.15) is 17.2 Å². The van der Waals surface area contributed by atoms with Crippen LogP contribution in [0, 0.1) is 0 Å². The number of furan rings is 1. The third-order valence-electron chi connectivity index (χ3n) is 3.10. The molecule has 0 saturated heterocycles. The number of benzene rings is 1. The van der Waals surface area contributed by atoms with E-state index in [9.17, 15) is 9.90 Å². The van der Waals surface area contributed by atoms with Crippen molar-refractivity contribution < 1.29 is 23.8 Å². The number of rotatable bonds is 6. The Morgan fingerprint density at radius 3 is 2.65 bits per heavy atom. The summed E-state index contributed by atoms with van der Waals surface area (Å²) in [5.74, 6) is 0.0256. The van der Waals surface area contributed by atoms with Gasteiger partial charge in [0.25, 0.3) is 0 Å². The molecule has 0 aliphatic heterocycles. The van der Waals surface area contributed by atoms with E-state index in [4.69, 9.17) is 13.9 Å². The molecule has 0 aliphatic rings. The Balaban J connectivity index is 2.39. The first-order valence-electron chi connectivity index (χ1n) is 6.12. The summed E-state index contributed by atoms with van der Waals surface area (Å²) >= 11 is 0. The Bertz CT molecular complexity index is 574. The van der Waals surface area contributed by atoms with Crippen LogP contribution in [-0.2, 0) is 11.2 Å². The van der Waals surface area contributed by atoms with E-state index >= 15 is 0 Å². The molecule has 1 atom stereocenters. The van der Waals surface area contributed by atoms with Crippen molar-refractivity contribution in [3.8, 4) is 11.5 Å². The van der Waals surface area contributed by atoms with Crippen molar-refractivity contribution in [2.45, 2.75) is 12.3 Å². The lowest BCUT2D eigenvalue weighted by molar-refractivity contribution is -0.138. The third-order valence-corrected chi connectivity index (χ3v) is 3.10. The average molecular weight is 276 g/mol. The summed E-state index contributed by atoms with van der Waals surface area (Å²) in [7, 11) is 3.05. The molecule has 0 spiro atoms. The van der Waals surface area contributed by atoms with Gasteiger partial charge in [-0.05, 0) is 30.3 Å². The van der Waals surface area contributed by atoms with Gasteiger partial charge < -0.3 is 19.0 Å². The van der Waals surface area contributed by atoms with E-state index in [1.807, 2.05) is 0 Å². The average Bonchev–Trinajstić information content (AvgIpc) is 2.96. The molecule has 1 aromatic carbocycles. The van der Waals surface area contributed by atoms with Crippen molar-refractivity contribution in [3.63, 3.8) is 0 Å². The Morgan fingerprint density at radius 1 is 1.30 bits per heavy atom. The van der Waals surface area contributed by atoms with E-state index in [1.165, 1.54) is 20.5 Å². The monoisotopic (exact) mass is 276 g/mol. The SMILES string of the molecule is COc1ccc(OC)c(C(Cc2ccco2)C(=O)O)c1. The molecule has 1 N–H and O–H groups in total. The number of hydrogen-bond donors (Lipinski definition) is 1. The highest BCUT2D eigenvalue weighted by Crippen LogP contribution is 2.33. The molecule has 0 aliphatic carbocycles.